The maximum absolute atomic E-state index is 6.47. The molecule has 2 rings (SSSR count). The van der Waals surface area contributed by atoms with Gasteiger partial charge in [0.15, 0.2) is 0 Å². The van der Waals surface area contributed by atoms with Gasteiger partial charge in [0.05, 0.1) is 18.2 Å². The lowest BCUT2D eigenvalue weighted by Crippen LogP contribution is -2.53. The molecule has 0 radical (unpaired) electrons. The maximum Gasteiger partial charge on any atom is 0.112 e. The number of ether oxygens (including phenoxy) is 2. The summed E-state index contributed by atoms with van der Waals surface area (Å²) in [6.45, 7) is 5.91. The summed E-state index contributed by atoms with van der Waals surface area (Å²) in [6, 6.07) is -0.0924. The van der Waals surface area contributed by atoms with Crippen LogP contribution >= 0.6 is 0 Å². The molecule has 104 valence electrons. The van der Waals surface area contributed by atoms with E-state index in [9.17, 15) is 0 Å². The van der Waals surface area contributed by atoms with E-state index in [0.717, 1.165) is 50.6 Å². The topological polar surface area (TPSA) is 44.5 Å². The lowest BCUT2D eigenvalue weighted by molar-refractivity contribution is -0.0907. The van der Waals surface area contributed by atoms with Gasteiger partial charge in [-0.25, -0.2) is 0 Å². The molecule has 0 bridgehead atoms. The highest BCUT2D eigenvalue weighted by molar-refractivity contribution is 5.13. The average molecular weight is 253 g/mol. The average Bonchev–Trinajstić information content (AvgIpc) is 2.42. The summed E-state index contributed by atoms with van der Waals surface area (Å²) in [7, 11) is 0. The molecule has 0 amide bonds. The molecule has 1 aliphatic heterocycles. The van der Waals surface area contributed by atoms with Crippen molar-refractivity contribution in [1.82, 2.24) is 0 Å². The Labute approximate surface area is 111 Å². The van der Waals surface area contributed by atoms with E-state index in [2.05, 4.69) is 19.9 Å². The molecule has 3 heteroatoms. The van der Waals surface area contributed by atoms with Gasteiger partial charge in [0, 0.05) is 6.61 Å². The first-order chi connectivity index (χ1) is 8.68. The number of hydrogen-bond donors (Lipinski definition) is 1. The molecule has 1 heterocycles. The molecule has 0 aromatic rings. The van der Waals surface area contributed by atoms with Crippen LogP contribution in [0.2, 0.25) is 0 Å². The molecule has 1 unspecified atom stereocenters. The van der Waals surface area contributed by atoms with E-state index in [0.29, 0.717) is 0 Å². The number of allylic oxidation sites excluding steroid dienone is 1. The summed E-state index contributed by atoms with van der Waals surface area (Å²) < 4.78 is 11.8. The minimum Gasteiger partial charge on any atom is -0.496 e. The van der Waals surface area contributed by atoms with Crippen LogP contribution < -0.4 is 5.73 Å². The minimum absolute atomic E-state index is 0.0924. The predicted molar refractivity (Wildman–Crippen MR) is 73.2 cm³/mol. The minimum atomic E-state index is -0.190. The zero-order chi connectivity index (χ0) is 13.0. The van der Waals surface area contributed by atoms with E-state index in [1.54, 1.807) is 0 Å². The number of nitrogens with two attached hydrogens (primary N) is 1. The van der Waals surface area contributed by atoms with Gasteiger partial charge in [-0.05, 0) is 57.4 Å². The van der Waals surface area contributed by atoms with Gasteiger partial charge in [0.1, 0.15) is 5.76 Å². The van der Waals surface area contributed by atoms with Crippen LogP contribution in [0.3, 0.4) is 0 Å². The second-order valence-electron chi connectivity index (χ2n) is 5.76. The zero-order valence-corrected chi connectivity index (χ0v) is 11.8. The van der Waals surface area contributed by atoms with Crippen molar-refractivity contribution < 1.29 is 9.47 Å². The third-order valence-corrected chi connectivity index (χ3v) is 4.39. The highest BCUT2D eigenvalue weighted by Gasteiger charge is 2.42. The van der Waals surface area contributed by atoms with Crippen molar-refractivity contribution in [2.75, 3.05) is 13.2 Å². The molecule has 0 aromatic heterocycles. The van der Waals surface area contributed by atoms with Crippen molar-refractivity contribution in [3.63, 3.8) is 0 Å². The van der Waals surface area contributed by atoms with Crippen molar-refractivity contribution in [1.29, 1.82) is 0 Å². The SMILES string of the molecule is CCOC1(C(N)C2=CCCCO2)CCC(C)CC1. The van der Waals surface area contributed by atoms with Crippen LogP contribution in [0.15, 0.2) is 11.8 Å². The lowest BCUT2D eigenvalue weighted by atomic mass is 9.74. The second kappa shape index (κ2) is 6.07. The molecule has 1 aliphatic carbocycles. The molecular weight excluding hydrogens is 226 g/mol. The van der Waals surface area contributed by atoms with E-state index in [1.807, 2.05) is 0 Å². The molecule has 1 fully saturated rings. The van der Waals surface area contributed by atoms with Gasteiger partial charge in [-0.2, -0.15) is 0 Å². The van der Waals surface area contributed by atoms with Crippen LogP contribution in [0.4, 0.5) is 0 Å². The van der Waals surface area contributed by atoms with Gasteiger partial charge in [-0.15, -0.1) is 0 Å². The van der Waals surface area contributed by atoms with Gasteiger partial charge in [-0.3, -0.25) is 0 Å². The van der Waals surface area contributed by atoms with E-state index in [1.165, 1.54) is 12.8 Å². The Morgan fingerprint density at radius 1 is 1.50 bits per heavy atom. The fraction of sp³-hybridized carbons (Fsp3) is 0.867. The summed E-state index contributed by atoms with van der Waals surface area (Å²) in [6.07, 6.45) is 8.89. The molecule has 18 heavy (non-hydrogen) atoms. The fourth-order valence-electron chi connectivity index (χ4n) is 3.14. The van der Waals surface area contributed by atoms with Gasteiger partial charge in [0.25, 0.3) is 0 Å². The molecule has 0 saturated heterocycles. The van der Waals surface area contributed by atoms with Crippen LogP contribution in [0.5, 0.6) is 0 Å². The van der Waals surface area contributed by atoms with Gasteiger partial charge in [-0.1, -0.05) is 6.92 Å². The molecule has 1 atom stereocenters. The van der Waals surface area contributed by atoms with Crippen LogP contribution in [-0.4, -0.2) is 24.9 Å². The third kappa shape index (κ3) is 2.89. The summed E-state index contributed by atoms with van der Waals surface area (Å²) in [5.74, 6) is 1.76. The first-order valence-electron chi connectivity index (χ1n) is 7.40. The molecule has 1 saturated carbocycles. The fourth-order valence-corrected chi connectivity index (χ4v) is 3.14. The standard InChI is InChI=1S/C15H27NO2/c1-3-18-15(9-7-12(2)8-10-15)14(16)13-6-4-5-11-17-13/h6,12,14H,3-5,7-11,16H2,1-2H3. The maximum atomic E-state index is 6.47. The van der Waals surface area contributed by atoms with Crippen molar-refractivity contribution in [2.45, 2.75) is 64.0 Å². The van der Waals surface area contributed by atoms with Crippen LogP contribution in [0.25, 0.3) is 0 Å². The van der Waals surface area contributed by atoms with Gasteiger partial charge in [0.2, 0.25) is 0 Å². The molecular formula is C15H27NO2. The molecule has 2 aliphatic rings. The molecule has 2 N–H and O–H groups in total. The quantitative estimate of drug-likeness (QED) is 0.837. The summed E-state index contributed by atoms with van der Waals surface area (Å²) >= 11 is 0. The predicted octanol–water partition coefficient (Wildman–Crippen LogP) is 2.99. The highest BCUT2D eigenvalue weighted by atomic mass is 16.5. The Hall–Kier alpha value is -0.540. The summed E-state index contributed by atoms with van der Waals surface area (Å²) in [5, 5.41) is 0. The Morgan fingerprint density at radius 3 is 2.78 bits per heavy atom. The first kappa shape index (κ1) is 13.9. The van der Waals surface area contributed by atoms with E-state index < -0.39 is 0 Å². The Morgan fingerprint density at radius 2 is 2.22 bits per heavy atom. The van der Waals surface area contributed by atoms with Crippen molar-refractivity contribution in [2.24, 2.45) is 11.7 Å². The van der Waals surface area contributed by atoms with E-state index in [-0.39, 0.29) is 11.6 Å². The Bertz CT molecular complexity index is 293. The Balaban J connectivity index is 2.10. The molecule has 0 aromatic carbocycles. The zero-order valence-electron chi connectivity index (χ0n) is 11.8. The molecule has 3 nitrogen and oxygen atoms in total. The van der Waals surface area contributed by atoms with Gasteiger partial charge < -0.3 is 15.2 Å². The first-order valence-corrected chi connectivity index (χ1v) is 7.40. The van der Waals surface area contributed by atoms with Crippen molar-refractivity contribution >= 4 is 0 Å². The lowest BCUT2D eigenvalue weighted by Gasteiger charge is -2.44. The largest absolute Gasteiger partial charge is 0.496 e. The highest BCUT2D eigenvalue weighted by Crippen LogP contribution is 2.39. The van der Waals surface area contributed by atoms with Crippen LogP contribution in [0.1, 0.15) is 52.4 Å². The number of hydrogen-bond acceptors (Lipinski definition) is 3. The monoisotopic (exact) mass is 253 g/mol. The Kier molecular flexibility index (Phi) is 4.68. The van der Waals surface area contributed by atoms with E-state index >= 15 is 0 Å². The summed E-state index contributed by atoms with van der Waals surface area (Å²) in [4.78, 5) is 0. The van der Waals surface area contributed by atoms with E-state index in [4.69, 9.17) is 15.2 Å². The summed E-state index contributed by atoms with van der Waals surface area (Å²) in [5.41, 5.74) is 6.28. The number of rotatable bonds is 4. The molecule has 0 spiro atoms. The second-order valence-corrected chi connectivity index (χ2v) is 5.76. The smallest absolute Gasteiger partial charge is 0.112 e. The van der Waals surface area contributed by atoms with Gasteiger partial charge >= 0.3 is 0 Å². The van der Waals surface area contributed by atoms with Crippen LogP contribution in [0, 0.1) is 5.92 Å². The van der Waals surface area contributed by atoms with Crippen LogP contribution in [-0.2, 0) is 9.47 Å². The van der Waals surface area contributed by atoms with Crippen molar-refractivity contribution in [3.05, 3.63) is 11.8 Å². The third-order valence-electron chi connectivity index (χ3n) is 4.39. The normalized spacial score (nSPS) is 34.6. The van der Waals surface area contributed by atoms with Crippen molar-refractivity contribution in [3.8, 4) is 0 Å².